The van der Waals surface area contributed by atoms with Gasteiger partial charge in [0.1, 0.15) is 5.60 Å². The summed E-state index contributed by atoms with van der Waals surface area (Å²) in [5, 5.41) is 3.60. The van der Waals surface area contributed by atoms with E-state index < -0.39 is 46.5 Å². The number of methoxy groups -OCH3 is 1. The second kappa shape index (κ2) is 13.8. The Bertz CT molecular complexity index is 920. The number of esters is 1. The van der Waals surface area contributed by atoms with Gasteiger partial charge in [-0.3, -0.25) is 4.79 Å². The topological polar surface area (TPSA) is 92.3 Å². The van der Waals surface area contributed by atoms with Gasteiger partial charge in [0.2, 0.25) is 0 Å². The molecule has 10 heteroatoms. The zero-order valence-electron chi connectivity index (χ0n) is 26.5. The molecule has 1 aromatic carbocycles. The van der Waals surface area contributed by atoms with Crippen molar-refractivity contribution in [2.24, 2.45) is 5.92 Å². The molecule has 8 nitrogen and oxygen atoms in total. The molecule has 1 amide bonds. The molecule has 0 saturated heterocycles. The average Bonchev–Trinajstić information content (AvgIpc) is 2.79. The van der Waals surface area contributed by atoms with E-state index >= 15 is 0 Å². The minimum absolute atomic E-state index is 0.0447. The van der Waals surface area contributed by atoms with Crippen LogP contribution >= 0.6 is 0 Å². The van der Waals surface area contributed by atoms with E-state index in [1.165, 1.54) is 7.11 Å². The second-order valence-corrected chi connectivity index (χ2v) is 22.3. The highest BCUT2D eigenvalue weighted by atomic mass is 28.4. The summed E-state index contributed by atoms with van der Waals surface area (Å²) in [5.74, 6) is -1.20. The van der Waals surface area contributed by atoms with Crippen molar-refractivity contribution in [3.05, 3.63) is 30.3 Å². The van der Waals surface area contributed by atoms with E-state index in [9.17, 15) is 9.59 Å². The molecule has 0 aliphatic carbocycles. The summed E-state index contributed by atoms with van der Waals surface area (Å²) in [7, 11) is -2.07. The van der Waals surface area contributed by atoms with Crippen LogP contribution in [0, 0.1) is 5.92 Å². The maximum Gasteiger partial charge on any atom is 0.407 e. The van der Waals surface area contributed by atoms with Crippen molar-refractivity contribution in [1.29, 1.82) is 0 Å². The predicted octanol–water partition coefficient (Wildman–Crippen LogP) is 5.89. The molecule has 1 N–H and O–H groups in total. The van der Waals surface area contributed by atoms with Gasteiger partial charge in [-0.25, -0.2) is 4.79 Å². The van der Waals surface area contributed by atoms with Crippen LogP contribution in [-0.2, 0) is 27.5 Å². The van der Waals surface area contributed by atoms with Crippen LogP contribution in [0.4, 0.5) is 4.79 Å². The first-order valence-electron chi connectivity index (χ1n) is 13.7. The number of ether oxygens (including phenoxy) is 2. The van der Waals surface area contributed by atoms with E-state index in [0.717, 1.165) is 5.19 Å². The number of alkyl carbamates (subject to hydrolysis) is 1. The molecule has 0 spiro atoms. The van der Waals surface area contributed by atoms with Gasteiger partial charge in [0, 0.05) is 31.4 Å². The number of hydrogen-bond acceptors (Lipinski definition) is 7. The summed E-state index contributed by atoms with van der Waals surface area (Å²) in [5.41, 5.74) is -0.693. The number of carbonyl (C=O) groups is 2. The molecule has 0 aliphatic heterocycles. The van der Waals surface area contributed by atoms with E-state index in [4.69, 9.17) is 22.8 Å². The average molecular weight is 584 g/mol. The molecule has 0 aliphatic rings. The van der Waals surface area contributed by atoms with Crippen molar-refractivity contribution in [3.63, 3.8) is 0 Å². The highest BCUT2D eigenvalue weighted by molar-refractivity contribution is 6.83. The molecule has 3 atom stereocenters. The summed E-state index contributed by atoms with van der Waals surface area (Å²) < 4.78 is 29.9. The molecule has 0 radical (unpaired) electrons. The Labute approximate surface area is 238 Å². The molecule has 1 aromatic rings. The van der Waals surface area contributed by atoms with Crippen molar-refractivity contribution in [2.75, 3.05) is 27.4 Å². The largest absolute Gasteiger partial charge is 0.469 e. The summed E-state index contributed by atoms with van der Waals surface area (Å²) in [6, 6.07) is 9.33. The van der Waals surface area contributed by atoms with Gasteiger partial charge in [-0.1, -0.05) is 71.9 Å². The van der Waals surface area contributed by atoms with Gasteiger partial charge in [-0.2, -0.15) is 0 Å². The number of amides is 1. The Morgan fingerprint density at radius 2 is 1.44 bits per heavy atom. The Kier molecular flexibility index (Phi) is 12.5. The quantitative estimate of drug-likeness (QED) is 0.242. The summed E-state index contributed by atoms with van der Waals surface area (Å²) in [6.07, 6.45) is -0.274. The number of rotatable bonds is 12. The van der Waals surface area contributed by atoms with Gasteiger partial charge in [-0.15, -0.1) is 0 Å². The molecule has 2 unspecified atom stereocenters. The lowest BCUT2D eigenvalue weighted by Crippen LogP contribution is -2.60. The molecule has 0 aromatic heterocycles. The Balaban J connectivity index is 3.32. The number of nitrogens with one attached hydrogen (secondary N) is 1. The lowest BCUT2D eigenvalue weighted by atomic mass is 9.98. The van der Waals surface area contributed by atoms with Crippen molar-refractivity contribution in [1.82, 2.24) is 5.32 Å². The monoisotopic (exact) mass is 583 g/mol. The maximum absolute atomic E-state index is 13.0. The molecule has 0 saturated carbocycles. The van der Waals surface area contributed by atoms with Gasteiger partial charge in [0.05, 0.1) is 13.0 Å². The van der Waals surface area contributed by atoms with Gasteiger partial charge in [0.15, 0.2) is 8.32 Å². The van der Waals surface area contributed by atoms with E-state index in [1.54, 1.807) is 27.9 Å². The fraction of sp³-hybridized carbons (Fsp3) is 0.724. The summed E-state index contributed by atoms with van der Waals surface area (Å²) >= 11 is 0. The fourth-order valence-corrected chi connectivity index (χ4v) is 8.55. The van der Waals surface area contributed by atoms with Crippen LogP contribution in [0.15, 0.2) is 30.3 Å². The van der Waals surface area contributed by atoms with Gasteiger partial charge in [-0.05, 0) is 50.5 Å². The van der Waals surface area contributed by atoms with Crippen molar-refractivity contribution in [2.45, 2.75) is 104 Å². The third-order valence-corrected chi connectivity index (χ3v) is 16.0. The van der Waals surface area contributed by atoms with E-state index in [1.807, 2.05) is 30.3 Å². The van der Waals surface area contributed by atoms with Gasteiger partial charge in [0.25, 0.3) is 0 Å². The molecule has 224 valence electrons. The van der Waals surface area contributed by atoms with Crippen LogP contribution in [0.5, 0.6) is 0 Å². The van der Waals surface area contributed by atoms with Crippen LogP contribution in [0.1, 0.15) is 68.7 Å². The minimum atomic E-state index is -2.92. The standard InChI is InChI=1S/C29H53NO7Si2/c1-27(2,3)37-26(32)30-24(23(25(31)33-10)21-36-38(12,13)28(4,5)6)19-20-35-39(34-11,29(7,8)9)22-17-15-14-16-18-22/h14-18,23-24H,19-21H2,1-13H3,(H,30,32)/t23?,24-,39?/m1/s1. The first kappa shape index (κ1) is 35.3. The predicted molar refractivity (Wildman–Crippen MR) is 161 cm³/mol. The molecule has 0 fully saturated rings. The molecule has 1 rings (SSSR count). The summed E-state index contributed by atoms with van der Waals surface area (Å²) in [4.78, 5) is 25.9. The smallest absolute Gasteiger partial charge is 0.407 e. The Morgan fingerprint density at radius 3 is 1.87 bits per heavy atom. The normalized spacial score (nSPS) is 16.1. The third-order valence-electron chi connectivity index (χ3n) is 7.28. The van der Waals surface area contributed by atoms with Crippen molar-refractivity contribution in [3.8, 4) is 0 Å². The van der Waals surface area contributed by atoms with Gasteiger partial charge >= 0.3 is 20.6 Å². The van der Waals surface area contributed by atoms with Crippen molar-refractivity contribution >= 4 is 34.1 Å². The number of hydrogen-bond donors (Lipinski definition) is 1. The highest BCUT2D eigenvalue weighted by Gasteiger charge is 2.51. The maximum atomic E-state index is 13.0. The van der Waals surface area contributed by atoms with Crippen LogP contribution in [0.25, 0.3) is 0 Å². The highest BCUT2D eigenvalue weighted by Crippen LogP contribution is 2.38. The number of benzene rings is 1. The molecule has 0 heterocycles. The van der Waals surface area contributed by atoms with E-state index in [0.29, 0.717) is 6.42 Å². The summed E-state index contributed by atoms with van der Waals surface area (Å²) in [6.45, 7) is 22.8. The van der Waals surface area contributed by atoms with Crippen molar-refractivity contribution < 1.29 is 32.3 Å². The molecule has 0 bridgehead atoms. The SMILES string of the molecule is COC(=O)C(CO[Si](C)(C)C(C)(C)C)[C@@H](CCO[Si](OC)(c1ccccc1)C(C)(C)C)NC(=O)OC(C)(C)C. The Morgan fingerprint density at radius 1 is 0.872 bits per heavy atom. The first-order chi connectivity index (χ1) is 17.7. The molecular weight excluding hydrogens is 530 g/mol. The Hall–Kier alpha value is -1.73. The van der Waals surface area contributed by atoms with E-state index in [-0.39, 0.29) is 23.3 Å². The fourth-order valence-electron chi connectivity index (χ4n) is 4.05. The van der Waals surface area contributed by atoms with Crippen LogP contribution in [0.2, 0.25) is 23.2 Å². The number of carbonyl (C=O) groups excluding carboxylic acids is 2. The van der Waals surface area contributed by atoms with Crippen LogP contribution in [-0.4, -0.2) is 68.0 Å². The second-order valence-electron chi connectivity index (χ2n) is 13.5. The lowest BCUT2D eigenvalue weighted by Gasteiger charge is -2.41. The van der Waals surface area contributed by atoms with Crippen LogP contribution in [0.3, 0.4) is 0 Å². The zero-order valence-corrected chi connectivity index (χ0v) is 28.5. The molecular formula is C29H53NO7Si2. The lowest BCUT2D eigenvalue weighted by molar-refractivity contribution is -0.147. The molecule has 39 heavy (non-hydrogen) atoms. The van der Waals surface area contributed by atoms with E-state index in [2.05, 4.69) is 60.0 Å². The van der Waals surface area contributed by atoms with Gasteiger partial charge < -0.3 is 28.1 Å². The third kappa shape index (κ3) is 10.0. The first-order valence-corrected chi connectivity index (χ1v) is 18.4. The van der Waals surface area contributed by atoms with Crippen LogP contribution < -0.4 is 10.5 Å². The minimum Gasteiger partial charge on any atom is -0.469 e. The zero-order chi connectivity index (χ0) is 30.3.